The first kappa shape index (κ1) is 13.4. The summed E-state index contributed by atoms with van der Waals surface area (Å²) < 4.78 is 15.3. The van der Waals surface area contributed by atoms with E-state index in [0.717, 1.165) is 16.5 Å². The van der Waals surface area contributed by atoms with E-state index in [1.54, 1.807) is 6.20 Å². The van der Waals surface area contributed by atoms with Gasteiger partial charge in [-0.2, -0.15) is 0 Å². The number of benzene rings is 2. The zero-order valence-electron chi connectivity index (χ0n) is 11.9. The van der Waals surface area contributed by atoms with Crippen molar-refractivity contribution in [2.24, 2.45) is 7.05 Å². The molecule has 0 aliphatic carbocycles. The first-order valence-corrected chi connectivity index (χ1v) is 6.62. The predicted molar refractivity (Wildman–Crippen MR) is 81.9 cm³/mol. The van der Waals surface area contributed by atoms with Crippen LogP contribution in [0.3, 0.4) is 0 Å². The van der Waals surface area contributed by atoms with Gasteiger partial charge >= 0.3 is 0 Å². The first-order chi connectivity index (χ1) is 9.95. The Balaban J connectivity index is 2.18. The molecule has 1 aromatic heterocycles. The van der Waals surface area contributed by atoms with Crippen molar-refractivity contribution in [1.82, 2.24) is 4.57 Å². The van der Waals surface area contributed by atoms with E-state index in [1.165, 1.54) is 18.2 Å². The molecule has 2 N–H and O–H groups in total. The van der Waals surface area contributed by atoms with Gasteiger partial charge in [-0.25, -0.2) is 4.39 Å². The largest absolute Gasteiger partial charge is 0.399 e. The van der Waals surface area contributed by atoms with E-state index >= 15 is 0 Å². The Labute approximate surface area is 121 Å². The third-order valence-electron chi connectivity index (χ3n) is 3.57. The SMILES string of the molecule is Cc1ccc2c(C(=O)c3cc(N)cc(F)c3)cn(C)c2c1. The number of aryl methyl sites for hydroxylation is 2. The molecule has 1 heterocycles. The van der Waals surface area contributed by atoms with E-state index in [-0.39, 0.29) is 17.0 Å². The maximum atomic E-state index is 13.4. The minimum Gasteiger partial charge on any atom is -0.399 e. The molecule has 3 rings (SSSR count). The van der Waals surface area contributed by atoms with Crippen molar-refractivity contribution in [1.29, 1.82) is 0 Å². The Kier molecular flexibility index (Phi) is 3.01. The molecule has 2 aromatic carbocycles. The van der Waals surface area contributed by atoms with Gasteiger partial charge in [0.15, 0.2) is 5.78 Å². The highest BCUT2D eigenvalue weighted by atomic mass is 19.1. The third kappa shape index (κ3) is 2.29. The lowest BCUT2D eigenvalue weighted by atomic mass is 10.0. The minimum atomic E-state index is -0.505. The predicted octanol–water partition coefficient (Wildman–Crippen LogP) is 3.44. The van der Waals surface area contributed by atoms with E-state index in [0.29, 0.717) is 5.56 Å². The molecule has 0 aliphatic heterocycles. The van der Waals surface area contributed by atoms with Crippen LogP contribution in [0.2, 0.25) is 0 Å². The van der Waals surface area contributed by atoms with E-state index in [4.69, 9.17) is 5.73 Å². The molecule has 0 saturated heterocycles. The number of hydrogen-bond acceptors (Lipinski definition) is 2. The summed E-state index contributed by atoms with van der Waals surface area (Å²) in [5.74, 6) is -0.731. The zero-order valence-corrected chi connectivity index (χ0v) is 11.9. The topological polar surface area (TPSA) is 48.0 Å². The summed E-state index contributed by atoms with van der Waals surface area (Å²) >= 11 is 0. The fourth-order valence-corrected chi connectivity index (χ4v) is 2.57. The van der Waals surface area contributed by atoms with Crippen molar-refractivity contribution in [2.75, 3.05) is 5.73 Å². The molecular formula is C17H15FN2O. The van der Waals surface area contributed by atoms with E-state index in [9.17, 15) is 9.18 Å². The molecule has 0 amide bonds. The van der Waals surface area contributed by atoms with Crippen LogP contribution in [0.1, 0.15) is 21.5 Å². The van der Waals surface area contributed by atoms with Gasteiger partial charge in [0.25, 0.3) is 0 Å². The van der Waals surface area contributed by atoms with Crippen molar-refractivity contribution in [3.63, 3.8) is 0 Å². The summed E-state index contributed by atoms with van der Waals surface area (Å²) in [5.41, 5.74) is 8.78. The van der Waals surface area contributed by atoms with Gasteiger partial charge in [-0.1, -0.05) is 12.1 Å². The number of aromatic nitrogens is 1. The Hall–Kier alpha value is -2.62. The van der Waals surface area contributed by atoms with Gasteiger partial charge < -0.3 is 10.3 Å². The Morgan fingerprint density at radius 3 is 2.67 bits per heavy atom. The highest BCUT2D eigenvalue weighted by Crippen LogP contribution is 2.25. The van der Waals surface area contributed by atoms with Gasteiger partial charge in [0.1, 0.15) is 5.82 Å². The Bertz CT molecular complexity index is 844. The number of ketones is 1. The van der Waals surface area contributed by atoms with Gasteiger partial charge in [-0.15, -0.1) is 0 Å². The van der Waals surface area contributed by atoms with Crippen molar-refractivity contribution in [3.05, 3.63) is 65.1 Å². The normalized spacial score (nSPS) is 11.0. The minimum absolute atomic E-state index is 0.226. The number of hydrogen-bond donors (Lipinski definition) is 1. The van der Waals surface area contributed by atoms with Crippen LogP contribution in [-0.4, -0.2) is 10.4 Å². The molecule has 0 atom stereocenters. The summed E-state index contributed by atoms with van der Waals surface area (Å²) in [6.45, 7) is 2.00. The lowest BCUT2D eigenvalue weighted by molar-refractivity contribution is 0.103. The quantitative estimate of drug-likeness (QED) is 0.578. The molecule has 106 valence electrons. The van der Waals surface area contributed by atoms with Gasteiger partial charge in [0, 0.05) is 41.0 Å². The van der Waals surface area contributed by atoms with Crippen LogP contribution in [0.5, 0.6) is 0 Å². The molecule has 4 heteroatoms. The van der Waals surface area contributed by atoms with Gasteiger partial charge in [0.05, 0.1) is 0 Å². The molecule has 0 aliphatic rings. The third-order valence-corrected chi connectivity index (χ3v) is 3.57. The standard InChI is InChI=1S/C17H15FN2O/c1-10-3-4-14-15(9-20(2)16(14)5-10)17(21)11-6-12(18)8-13(19)7-11/h3-9H,19H2,1-2H3. The number of carbonyl (C=O) groups excluding carboxylic acids is 1. The monoisotopic (exact) mass is 282 g/mol. The summed E-state index contributed by atoms with van der Waals surface area (Å²) in [6.07, 6.45) is 1.77. The number of nitrogen functional groups attached to an aromatic ring is 1. The maximum absolute atomic E-state index is 13.4. The average molecular weight is 282 g/mol. The second-order valence-corrected chi connectivity index (χ2v) is 5.28. The fraction of sp³-hybridized carbons (Fsp3) is 0.118. The highest BCUT2D eigenvalue weighted by Gasteiger charge is 2.16. The highest BCUT2D eigenvalue weighted by molar-refractivity contribution is 6.16. The molecule has 0 saturated carbocycles. The molecule has 0 spiro atoms. The van der Waals surface area contributed by atoms with Crippen LogP contribution in [0.25, 0.3) is 10.9 Å². The Morgan fingerprint density at radius 2 is 1.95 bits per heavy atom. The number of nitrogens with two attached hydrogens (primary N) is 1. The van der Waals surface area contributed by atoms with E-state index in [1.807, 2.05) is 36.7 Å². The van der Waals surface area contributed by atoms with Crippen molar-refractivity contribution in [2.45, 2.75) is 6.92 Å². The summed E-state index contributed by atoms with van der Waals surface area (Å²) in [5, 5.41) is 0.857. The second kappa shape index (κ2) is 4.74. The molecule has 0 unspecified atom stereocenters. The molecule has 21 heavy (non-hydrogen) atoms. The number of nitrogens with zero attached hydrogens (tertiary/aromatic N) is 1. The molecule has 0 fully saturated rings. The molecule has 0 bridgehead atoms. The Morgan fingerprint density at radius 1 is 1.19 bits per heavy atom. The van der Waals surface area contributed by atoms with Crippen LogP contribution in [0.4, 0.5) is 10.1 Å². The van der Waals surface area contributed by atoms with Gasteiger partial charge in [-0.05, 0) is 36.8 Å². The summed E-state index contributed by atoms with van der Waals surface area (Å²) in [7, 11) is 1.89. The van der Waals surface area contributed by atoms with Crippen molar-refractivity contribution >= 4 is 22.4 Å². The lowest BCUT2D eigenvalue weighted by Crippen LogP contribution is -2.02. The van der Waals surface area contributed by atoms with E-state index < -0.39 is 5.82 Å². The lowest BCUT2D eigenvalue weighted by Gasteiger charge is -2.02. The maximum Gasteiger partial charge on any atom is 0.195 e. The number of carbonyl (C=O) groups is 1. The molecule has 3 aromatic rings. The molecule has 3 nitrogen and oxygen atoms in total. The number of anilines is 1. The molecule has 0 radical (unpaired) electrons. The smallest absolute Gasteiger partial charge is 0.195 e. The van der Waals surface area contributed by atoms with Crippen LogP contribution < -0.4 is 5.73 Å². The van der Waals surface area contributed by atoms with Crippen molar-refractivity contribution < 1.29 is 9.18 Å². The van der Waals surface area contributed by atoms with Crippen LogP contribution in [0, 0.1) is 12.7 Å². The van der Waals surface area contributed by atoms with Crippen LogP contribution in [0.15, 0.2) is 42.6 Å². The van der Waals surface area contributed by atoms with Crippen LogP contribution >= 0.6 is 0 Å². The van der Waals surface area contributed by atoms with Crippen molar-refractivity contribution in [3.8, 4) is 0 Å². The second-order valence-electron chi connectivity index (χ2n) is 5.28. The zero-order chi connectivity index (χ0) is 15.1. The fourth-order valence-electron chi connectivity index (χ4n) is 2.57. The van der Waals surface area contributed by atoms with Crippen LogP contribution in [-0.2, 0) is 7.05 Å². The number of rotatable bonds is 2. The first-order valence-electron chi connectivity index (χ1n) is 6.62. The number of fused-ring (bicyclic) bond motifs is 1. The van der Waals surface area contributed by atoms with Gasteiger partial charge in [-0.3, -0.25) is 4.79 Å². The number of halogens is 1. The summed E-state index contributed by atoms with van der Waals surface area (Å²) in [6, 6.07) is 9.80. The summed E-state index contributed by atoms with van der Waals surface area (Å²) in [4.78, 5) is 12.6. The average Bonchev–Trinajstić information content (AvgIpc) is 2.74. The van der Waals surface area contributed by atoms with E-state index in [2.05, 4.69) is 0 Å². The molecular weight excluding hydrogens is 267 g/mol. The van der Waals surface area contributed by atoms with Gasteiger partial charge in [0.2, 0.25) is 0 Å².